The van der Waals surface area contributed by atoms with E-state index < -0.39 is 0 Å². The smallest absolute Gasteiger partial charge is 0.239 e. The highest BCUT2D eigenvalue weighted by atomic mass is 35.5. The maximum Gasteiger partial charge on any atom is 0.239 e. The van der Waals surface area contributed by atoms with Crippen molar-refractivity contribution in [3.05, 3.63) is 83.6 Å². The molecular weight excluding hydrogens is 370 g/mol. The van der Waals surface area contributed by atoms with E-state index in [2.05, 4.69) is 33.2 Å². The van der Waals surface area contributed by atoms with Gasteiger partial charge >= 0.3 is 0 Å². The summed E-state index contributed by atoms with van der Waals surface area (Å²) in [6.07, 6.45) is 0. The van der Waals surface area contributed by atoms with Gasteiger partial charge in [0.1, 0.15) is 0 Å². The van der Waals surface area contributed by atoms with Gasteiger partial charge in [-0.2, -0.15) is 20.2 Å². The van der Waals surface area contributed by atoms with Crippen LogP contribution < -0.4 is 0 Å². The Morgan fingerprint density at radius 3 is 2.14 bits per heavy atom. The van der Waals surface area contributed by atoms with Gasteiger partial charge in [-0.25, -0.2) is 0 Å². The van der Waals surface area contributed by atoms with Crippen LogP contribution in [0.3, 0.4) is 0 Å². The van der Waals surface area contributed by atoms with Crippen molar-refractivity contribution in [2.45, 2.75) is 0 Å². The quantitative estimate of drug-likeness (QED) is 0.423. The van der Waals surface area contributed by atoms with Crippen molar-refractivity contribution in [3.63, 3.8) is 0 Å². The summed E-state index contributed by atoms with van der Waals surface area (Å²) in [5.41, 5.74) is 3.23. The van der Waals surface area contributed by atoms with E-state index in [9.17, 15) is 5.26 Å². The molecule has 0 atom stereocenters. The van der Waals surface area contributed by atoms with Crippen molar-refractivity contribution in [2.24, 2.45) is 0 Å². The predicted octanol–water partition coefficient (Wildman–Crippen LogP) is 5.16. The van der Waals surface area contributed by atoms with Crippen molar-refractivity contribution >= 4 is 33.4 Å². The maximum atomic E-state index is 9.17. The van der Waals surface area contributed by atoms with Crippen molar-refractivity contribution < 1.29 is 0 Å². The number of halogens is 1. The number of hydrogen-bond donors (Lipinski definition) is 0. The third kappa shape index (κ3) is 2.59. The van der Waals surface area contributed by atoms with Crippen LogP contribution in [0.4, 0.5) is 0 Å². The molecule has 0 radical (unpaired) electrons. The predicted molar refractivity (Wildman–Crippen MR) is 109 cm³/mol. The summed E-state index contributed by atoms with van der Waals surface area (Å²) in [7, 11) is 0. The second-order valence-corrected chi connectivity index (χ2v) is 6.63. The summed E-state index contributed by atoms with van der Waals surface area (Å²) in [6, 6.07) is 25.5. The van der Waals surface area contributed by atoms with Gasteiger partial charge in [-0.1, -0.05) is 48.5 Å². The number of hydrogen-bond acceptors (Lipinski definition) is 4. The minimum Gasteiger partial charge on any atom is -0.278 e. The molecule has 5 rings (SSSR count). The minimum absolute atomic E-state index is 0.101. The molecule has 28 heavy (non-hydrogen) atoms. The van der Waals surface area contributed by atoms with Crippen LogP contribution >= 0.6 is 11.6 Å². The van der Waals surface area contributed by atoms with Gasteiger partial charge in [0, 0.05) is 16.3 Å². The van der Waals surface area contributed by atoms with E-state index in [1.807, 2.05) is 47.0 Å². The molecule has 0 aliphatic rings. The first-order valence-electron chi connectivity index (χ1n) is 8.65. The molecule has 5 nitrogen and oxygen atoms in total. The monoisotopic (exact) mass is 381 g/mol. The second kappa shape index (κ2) is 6.45. The fourth-order valence-electron chi connectivity index (χ4n) is 3.43. The third-order valence-corrected chi connectivity index (χ3v) is 4.80. The molecule has 0 N–H and O–H groups in total. The zero-order chi connectivity index (χ0) is 19.1. The van der Waals surface area contributed by atoms with E-state index in [1.165, 1.54) is 0 Å². The summed E-state index contributed by atoms with van der Waals surface area (Å²) in [5.74, 6) is 0.865. The van der Waals surface area contributed by atoms with E-state index in [-0.39, 0.29) is 5.28 Å². The molecule has 2 heterocycles. The minimum atomic E-state index is 0.101. The van der Waals surface area contributed by atoms with Gasteiger partial charge in [0.15, 0.2) is 5.82 Å². The van der Waals surface area contributed by atoms with E-state index in [1.54, 1.807) is 18.2 Å². The molecule has 3 aromatic carbocycles. The molecule has 0 amide bonds. The average Bonchev–Trinajstić information content (AvgIpc) is 3.08. The van der Waals surface area contributed by atoms with Gasteiger partial charge in [0.25, 0.3) is 0 Å². The lowest BCUT2D eigenvalue weighted by molar-refractivity contribution is 0.947. The number of rotatable bonds is 2. The lowest BCUT2D eigenvalue weighted by atomic mass is 10.1. The van der Waals surface area contributed by atoms with Crippen LogP contribution in [0.1, 0.15) is 5.56 Å². The van der Waals surface area contributed by atoms with E-state index in [0.29, 0.717) is 22.9 Å². The van der Waals surface area contributed by atoms with Gasteiger partial charge in [0.05, 0.1) is 22.7 Å². The first-order valence-corrected chi connectivity index (χ1v) is 9.03. The molecule has 0 unspecified atom stereocenters. The molecule has 0 aliphatic heterocycles. The summed E-state index contributed by atoms with van der Waals surface area (Å²) in [6.45, 7) is 0. The highest BCUT2D eigenvalue weighted by molar-refractivity contribution is 6.28. The van der Waals surface area contributed by atoms with Crippen molar-refractivity contribution in [1.82, 2.24) is 19.5 Å². The molecule has 6 heteroatoms. The number of fused-ring (bicyclic) bond motifs is 3. The standard InChI is InChI=1S/C22H12ClN5/c23-21-25-20(15-7-5-6-14(12-15)13-24)26-22(27-21)28-18-10-3-1-8-16(18)17-9-2-4-11-19(17)28/h1-12H. The summed E-state index contributed by atoms with van der Waals surface area (Å²) in [4.78, 5) is 13.3. The van der Waals surface area contributed by atoms with Crippen LogP contribution in [0.2, 0.25) is 5.28 Å². The van der Waals surface area contributed by atoms with Gasteiger partial charge in [-0.05, 0) is 35.9 Å². The Kier molecular flexibility index (Phi) is 3.78. The molecule has 0 spiro atoms. The van der Waals surface area contributed by atoms with Gasteiger partial charge in [0.2, 0.25) is 11.2 Å². The van der Waals surface area contributed by atoms with E-state index in [0.717, 1.165) is 21.8 Å². The molecular formula is C22H12ClN5. The lowest BCUT2D eigenvalue weighted by Gasteiger charge is -2.08. The summed E-state index contributed by atoms with van der Waals surface area (Å²) < 4.78 is 1.98. The SMILES string of the molecule is N#Cc1cccc(-c2nc(Cl)nc(-n3c4ccccc4c4ccccc43)n2)c1. The topological polar surface area (TPSA) is 67.4 Å². The molecule has 132 valence electrons. The highest BCUT2D eigenvalue weighted by Crippen LogP contribution is 2.31. The summed E-state index contributed by atoms with van der Waals surface area (Å²) in [5, 5.41) is 11.5. The zero-order valence-electron chi connectivity index (χ0n) is 14.5. The Labute approximate surface area is 165 Å². The molecule has 0 saturated carbocycles. The fourth-order valence-corrected chi connectivity index (χ4v) is 3.59. The third-order valence-electron chi connectivity index (χ3n) is 4.63. The van der Waals surface area contributed by atoms with Crippen LogP contribution in [-0.2, 0) is 0 Å². The Hall–Kier alpha value is -3.75. The lowest BCUT2D eigenvalue weighted by Crippen LogP contribution is -2.04. The number of para-hydroxylation sites is 2. The first-order chi connectivity index (χ1) is 13.7. The largest absolute Gasteiger partial charge is 0.278 e. The highest BCUT2D eigenvalue weighted by Gasteiger charge is 2.16. The molecule has 0 bridgehead atoms. The first kappa shape index (κ1) is 16.4. The van der Waals surface area contributed by atoms with Crippen LogP contribution in [-0.4, -0.2) is 19.5 Å². The Balaban J connectivity index is 1.81. The van der Waals surface area contributed by atoms with Crippen LogP contribution in [0.25, 0.3) is 39.1 Å². The number of benzene rings is 3. The van der Waals surface area contributed by atoms with Crippen LogP contribution in [0.5, 0.6) is 0 Å². The molecule has 0 saturated heterocycles. The van der Waals surface area contributed by atoms with Crippen LogP contribution in [0.15, 0.2) is 72.8 Å². The molecule has 5 aromatic rings. The van der Waals surface area contributed by atoms with Gasteiger partial charge < -0.3 is 0 Å². The van der Waals surface area contributed by atoms with E-state index in [4.69, 9.17) is 11.6 Å². The average molecular weight is 382 g/mol. The van der Waals surface area contributed by atoms with Crippen molar-refractivity contribution in [3.8, 4) is 23.4 Å². The Bertz CT molecular complexity index is 1340. The van der Waals surface area contributed by atoms with E-state index >= 15 is 0 Å². The fraction of sp³-hybridized carbons (Fsp3) is 0. The van der Waals surface area contributed by atoms with Gasteiger partial charge in [-0.15, -0.1) is 0 Å². The number of aromatic nitrogens is 4. The number of nitriles is 1. The molecule has 0 fully saturated rings. The van der Waals surface area contributed by atoms with Crippen molar-refractivity contribution in [1.29, 1.82) is 5.26 Å². The van der Waals surface area contributed by atoms with Crippen LogP contribution in [0, 0.1) is 11.3 Å². The van der Waals surface area contributed by atoms with Crippen molar-refractivity contribution in [2.75, 3.05) is 0 Å². The maximum absolute atomic E-state index is 9.17. The van der Waals surface area contributed by atoms with Gasteiger partial charge in [-0.3, -0.25) is 4.57 Å². The molecule has 0 aliphatic carbocycles. The normalized spacial score (nSPS) is 11.0. The summed E-state index contributed by atoms with van der Waals surface area (Å²) >= 11 is 6.25. The molecule has 2 aromatic heterocycles. The number of nitrogens with zero attached hydrogens (tertiary/aromatic N) is 5. The second-order valence-electron chi connectivity index (χ2n) is 6.29. The zero-order valence-corrected chi connectivity index (χ0v) is 15.3. The Morgan fingerprint density at radius 2 is 1.46 bits per heavy atom. The Morgan fingerprint density at radius 1 is 0.786 bits per heavy atom.